The SMILES string of the molecule is BC(O)(Nc1cccc2c1C(B)(B)N(C1C(=O)NC(=O)C(B)(O)C1(B)O)C2=O)c1ccc(C(O)(O)N2CCOCC2)cc1F. The summed E-state index contributed by atoms with van der Waals surface area (Å²) in [5, 5.41) is 58.7. The molecule has 2 fully saturated rings. The fourth-order valence-electron chi connectivity index (χ4n) is 6.37. The van der Waals surface area contributed by atoms with Crippen LogP contribution < -0.4 is 10.6 Å². The molecule has 228 valence electrons. The van der Waals surface area contributed by atoms with E-state index in [1.54, 1.807) is 21.8 Å². The van der Waals surface area contributed by atoms with Gasteiger partial charge in [0.1, 0.15) is 46.5 Å². The molecule has 0 aromatic heterocycles. The van der Waals surface area contributed by atoms with E-state index in [1.807, 2.05) is 5.32 Å². The monoisotopic (exact) mass is 606 g/mol. The smallest absolute Gasteiger partial charge is 0.254 e. The molecule has 5 rings (SSSR count). The summed E-state index contributed by atoms with van der Waals surface area (Å²) in [6.45, 7) is 0.985. The van der Waals surface area contributed by atoms with Crippen molar-refractivity contribution in [2.75, 3.05) is 31.6 Å². The lowest BCUT2D eigenvalue weighted by Gasteiger charge is -2.52. The first-order valence-electron chi connectivity index (χ1n) is 14.1. The van der Waals surface area contributed by atoms with Crippen molar-refractivity contribution in [3.8, 4) is 0 Å². The van der Waals surface area contributed by atoms with E-state index in [4.69, 9.17) is 4.74 Å². The van der Waals surface area contributed by atoms with E-state index in [-0.39, 0.29) is 48.7 Å². The van der Waals surface area contributed by atoms with Gasteiger partial charge in [-0.2, -0.15) is 0 Å². The third-order valence-electron chi connectivity index (χ3n) is 9.14. The van der Waals surface area contributed by atoms with Crippen LogP contribution in [0, 0.1) is 5.82 Å². The van der Waals surface area contributed by atoms with E-state index in [0.29, 0.717) is 5.56 Å². The summed E-state index contributed by atoms with van der Waals surface area (Å²) < 4.78 is 20.8. The topological polar surface area (TPSA) is 192 Å². The van der Waals surface area contributed by atoms with Crippen LogP contribution in [0.25, 0.3) is 0 Å². The molecule has 3 heterocycles. The summed E-state index contributed by atoms with van der Waals surface area (Å²) in [5.74, 6) is -6.18. The van der Waals surface area contributed by atoms with E-state index in [2.05, 4.69) is 5.32 Å². The molecular weight excluding hydrogens is 573 g/mol. The third kappa shape index (κ3) is 4.78. The minimum atomic E-state index is -2.47. The number of amides is 3. The number of hydrogen-bond acceptors (Lipinski definition) is 11. The molecule has 0 bridgehead atoms. The Labute approximate surface area is 256 Å². The van der Waals surface area contributed by atoms with Crippen molar-refractivity contribution in [1.82, 2.24) is 15.1 Å². The second-order valence-corrected chi connectivity index (χ2v) is 12.5. The number of benzene rings is 2. The third-order valence-corrected chi connectivity index (χ3v) is 9.14. The number of rotatable bonds is 6. The summed E-state index contributed by atoms with van der Waals surface area (Å²) >= 11 is 0. The number of fused-ring (bicyclic) bond motifs is 1. The van der Waals surface area contributed by atoms with E-state index in [9.17, 15) is 39.9 Å². The lowest BCUT2D eigenvalue weighted by Crippen LogP contribution is -2.81. The maximum absolute atomic E-state index is 15.5. The molecule has 2 aromatic carbocycles. The number of carbonyl (C=O) groups is 3. The molecule has 3 aliphatic rings. The van der Waals surface area contributed by atoms with Gasteiger partial charge in [0, 0.05) is 40.8 Å². The zero-order valence-corrected chi connectivity index (χ0v) is 25.0. The first-order valence-corrected chi connectivity index (χ1v) is 14.1. The van der Waals surface area contributed by atoms with Crippen molar-refractivity contribution in [2.24, 2.45) is 0 Å². The van der Waals surface area contributed by atoms with Gasteiger partial charge in [0.15, 0.2) is 15.7 Å². The van der Waals surface area contributed by atoms with Gasteiger partial charge in [0.25, 0.3) is 23.6 Å². The summed E-state index contributed by atoms with van der Waals surface area (Å²) in [6.07, 6.45) is 0. The van der Waals surface area contributed by atoms with Crippen molar-refractivity contribution in [1.29, 1.82) is 0 Å². The van der Waals surface area contributed by atoms with E-state index in [1.165, 1.54) is 37.0 Å². The highest BCUT2D eigenvalue weighted by Gasteiger charge is 2.64. The van der Waals surface area contributed by atoms with Crippen molar-refractivity contribution >= 4 is 62.6 Å². The van der Waals surface area contributed by atoms with E-state index < -0.39 is 57.5 Å². The lowest BCUT2D eigenvalue weighted by atomic mass is 9.51. The number of imide groups is 1. The minimum Gasteiger partial charge on any atom is -0.394 e. The largest absolute Gasteiger partial charge is 0.394 e. The molecule has 0 saturated carbocycles. The zero-order valence-electron chi connectivity index (χ0n) is 25.0. The van der Waals surface area contributed by atoms with Gasteiger partial charge >= 0.3 is 0 Å². The molecule has 0 aliphatic carbocycles. The average molecular weight is 606 g/mol. The zero-order chi connectivity index (χ0) is 32.6. The van der Waals surface area contributed by atoms with Crippen LogP contribution >= 0.6 is 0 Å². The Hall–Kier alpha value is -3.18. The first kappa shape index (κ1) is 32.2. The highest BCUT2D eigenvalue weighted by atomic mass is 19.1. The summed E-state index contributed by atoms with van der Waals surface area (Å²) in [4.78, 5) is 41.6. The first-order chi connectivity index (χ1) is 20.3. The fraction of sp³-hybridized carbons (Fsp3) is 0.400. The number of aliphatic hydroxyl groups is 5. The Balaban J connectivity index is 1.49. The molecule has 44 heavy (non-hydrogen) atoms. The van der Waals surface area contributed by atoms with Gasteiger partial charge in [-0.3, -0.25) is 19.7 Å². The van der Waals surface area contributed by atoms with Crippen LogP contribution in [0.1, 0.15) is 27.0 Å². The maximum Gasteiger partial charge on any atom is 0.254 e. The van der Waals surface area contributed by atoms with Crippen LogP contribution in [0.5, 0.6) is 0 Å². The molecule has 19 heteroatoms. The van der Waals surface area contributed by atoms with Crippen molar-refractivity contribution in [2.45, 2.75) is 33.9 Å². The fourth-order valence-corrected chi connectivity index (χ4v) is 6.37. The van der Waals surface area contributed by atoms with Crippen LogP contribution in [0.15, 0.2) is 36.4 Å². The number of morpholine rings is 1. The Morgan fingerprint density at radius 3 is 2.27 bits per heavy atom. The predicted octanol–water partition coefficient (Wildman–Crippen LogP) is -7.40. The Morgan fingerprint density at radius 2 is 1.66 bits per heavy atom. The number of halogens is 1. The van der Waals surface area contributed by atoms with Crippen molar-refractivity contribution in [3.63, 3.8) is 0 Å². The molecule has 3 aliphatic heterocycles. The number of carbonyl (C=O) groups excluding carboxylic acids is 3. The molecule has 7 N–H and O–H groups in total. The Bertz CT molecular complexity index is 1550. The standard InChI is InChI=1S/C25H32B5FN4O9/c26-21(39)17(18(36)32-20(38)22(21,27)40)35-19(37)12-2-1-3-15(16(12)23(35,28)29)33-24(30,41)13-5-4-11(10-14(13)31)25(42,43)34-6-8-44-9-7-34/h1-5,10,17,33,39-43H,6-9,26-30H2,(H,32,36,38). The molecule has 0 spiro atoms. The maximum atomic E-state index is 15.5. The minimum absolute atomic E-state index is 0.114. The Morgan fingerprint density at radius 1 is 1.02 bits per heavy atom. The van der Waals surface area contributed by atoms with E-state index in [0.717, 1.165) is 26.7 Å². The summed E-state index contributed by atoms with van der Waals surface area (Å²) in [5.41, 5.74) is -6.67. The van der Waals surface area contributed by atoms with Crippen LogP contribution in [0.2, 0.25) is 0 Å². The highest BCUT2D eigenvalue weighted by molar-refractivity contribution is 6.44. The van der Waals surface area contributed by atoms with Gasteiger partial charge in [0.2, 0.25) is 0 Å². The Kier molecular flexibility index (Phi) is 7.65. The number of ether oxygens (including phenoxy) is 1. The number of nitrogens with zero attached hydrogens (tertiary/aromatic N) is 2. The molecule has 0 radical (unpaired) electrons. The number of piperidine rings is 1. The molecule has 2 saturated heterocycles. The second kappa shape index (κ2) is 10.4. The second-order valence-electron chi connectivity index (χ2n) is 12.5. The quantitative estimate of drug-likeness (QED) is 0.0940. The number of anilines is 1. The van der Waals surface area contributed by atoms with Crippen LogP contribution in [-0.4, -0.2) is 136 Å². The van der Waals surface area contributed by atoms with Crippen molar-refractivity contribution in [3.05, 3.63) is 64.5 Å². The summed E-state index contributed by atoms with van der Waals surface area (Å²) in [7, 11) is 6.61. The molecule has 2 aromatic rings. The highest BCUT2D eigenvalue weighted by Crippen LogP contribution is 2.45. The van der Waals surface area contributed by atoms with Gasteiger partial charge in [0.05, 0.1) is 18.7 Å². The molecule has 4 unspecified atom stereocenters. The molecular formula is C25H32B5FN4O9. The summed E-state index contributed by atoms with van der Waals surface area (Å²) in [6, 6.07) is 6.28. The van der Waals surface area contributed by atoms with Crippen LogP contribution in [-0.2, 0) is 31.2 Å². The van der Waals surface area contributed by atoms with Crippen LogP contribution in [0.3, 0.4) is 0 Å². The van der Waals surface area contributed by atoms with Gasteiger partial charge in [-0.05, 0) is 23.8 Å². The normalized spacial score (nSPS) is 28.7. The van der Waals surface area contributed by atoms with Gasteiger partial charge in [-0.1, -0.05) is 18.2 Å². The van der Waals surface area contributed by atoms with Gasteiger partial charge in [-0.15, -0.1) is 0 Å². The number of hydrogen-bond donors (Lipinski definition) is 7. The molecule has 3 amide bonds. The average Bonchev–Trinajstić information content (AvgIpc) is 3.13. The van der Waals surface area contributed by atoms with Gasteiger partial charge in [-0.25, -0.2) is 9.29 Å². The van der Waals surface area contributed by atoms with Crippen molar-refractivity contribution < 1.29 is 49.0 Å². The number of nitrogens with one attached hydrogen (secondary N) is 2. The lowest BCUT2D eigenvalue weighted by molar-refractivity contribution is -0.287. The molecule has 4 atom stereocenters. The van der Waals surface area contributed by atoms with Crippen LogP contribution in [0.4, 0.5) is 10.1 Å². The van der Waals surface area contributed by atoms with Gasteiger partial charge < -0.3 is 40.5 Å². The predicted molar refractivity (Wildman–Crippen MR) is 166 cm³/mol. The molecule has 13 nitrogen and oxygen atoms in total. The van der Waals surface area contributed by atoms with E-state index >= 15 is 4.39 Å².